The first kappa shape index (κ1) is 15.6. The number of benzene rings is 1. The van der Waals surface area contributed by atoms with Crippen molar-refractivity contribution in [3.05, 3.63) is 17.7 Å². The number of nitrogen functional groups attached to an aromatic ring is 1. The van der Waals surface area contributed by atoms with Crippen LogP contribution in [0.4, 0.5) is 17.1 Å². The van der Waals surface area contributed by atoms with E-state index in [1.54, 1.807) is 14.2 Å². The van der Waals surface area contributed by atoms with Gasteiger partial charge in [0.1, 0.15) is 0 Å². The second-order valence-electron chi connectivity index (χ2n) is 5.12. The van der Waals surface area contributed by atoms with Crippen LogP contribution in [0.5, 0.6) is 0 Å². The molecule has 1 aliphatic rings. The van der Waals surface area contributed by atoms with E-state index in [0.29, 0.717) is 25.3 Å². The Morgan fingerprint density at radius 1 is 1.24 bits per heavy atom. The number of fused-ring (bicyclic) bond motifs is 1. The minimum atomic E-state index is 0.0179. The molecular formula is C15H23N3O3. The van der Waals surface area contributed by atoms with Gasteiger partial charge in [-0.1, -0.05) is 0 Å². The largest absolute Gasteiger partial charge is 0.397 e. The van der Waals surface area contributed by atoms with Crippen LogP contribution in [0.1, 0.15) is 12.0 Å². The van der Waals surface area contributed by atoms with Crippen LogP contribution in [0.3, 0.4) is 0 Å². The molecule has 6 nitrogen and oxygen atoms in total. The van der Waals surface area contributed by atoms with Crippen LogP contribution in [-0.4, -0.2) is 46.4 Å². The molecular weight excluding hydrogens is 270 g/mol. The lowest BCUT2D eigenvalue weighted by atomic mass is 10.1. The highest BCUT2D eigenvalue weighted by atomic mass is 16.5. The summed E-state index contributed by atoms with van der Waals surface area (Å²) >= 11 is 0. The van der Waals surface area contributed by atoms with Gasteiger partial charge in [-0.25, -0.2) is 0 Å². The Balaban J connectivity index is 2.18. The number of carbonyl (C=O) groups is 1. The van der Waals surface area contributed by atoms with E-state index < -0.39 is 0 Å². The number of rotatable bonds is 8. The first-order chi connectivity index (χ1) is 10.2. The normalized spacial score (nSPS) is 13.1. The van der Waals surface area contributed by atoms with Gasteiger partial charge in [0.25, 0.3) is 0 Å². The van der Waals surface area contributed by atoms with Crippen molar-refractivity contribution in [3.63, 3.8) is 0 Å². The number of nitrogens with one attached hydrogen (secondary N) is 1. The van der Waals surface area contributed by atoms with Gasteiger partial charge in [0.2, 0.25) is 5.91 Å². The predicted molar refractivity (Wildman–Crippen MR) is 83.8 cm³/mol. The Morgan fingerprint density at radius 3 is 2.71 bits per heavy atom. The number of ether oxygens (including phenoxy) is 2. The molecule has 1 amide bonds. The van der Waals surface area contributed by atoms with Crippen LogP contribution < -0.4 is 16.0 Å². The van der Waals surface area contributed by atoms with Crippen molar-refractivity contribution < 1.29 is 14.3 Å². The van der Waals surface area contributed by atoms with Crippen LogP contribution >= 0.6 is 0 Å². The highest BCUT2D eigenvalue weighted by Gasteiger charge is 2.21. The van der Waals surface area contributed by atoms with E-state index in [1.165, 1.54) is 0 Å². The molecule has 0 saturated heterocycles. The highest BCUT2D eigenvalue weighted by molar-refractivity contribution is 6.00. The summed E-state index contributed by atoms with van der Waals surface area (Å²) < 4.78 is 10.3. The van der Waals surface area contributed by atoms with Gasteiger partial charge in [0, 0.05) is 39.6 Å². The molecule has 1 aliphatic heterocycles. The molecule has 21 heavy (non-hydrogen) atoms. The minimum absolute atomic E-state index is 0.0179. The summed E-state index contributed by atoms with van der Waals surface area (Å²) in [7, 11) is 3.37. The second-order valence-corrected chi connectivity index (χ2v) is 5.12. The summed E-state index contributed by atoms with van der Waals surface area (Å²) in [6.07, 6.45) is 1.31. The van der Waals surface area contributed by atoms with Gasteiger partial charge in [-0.2, -0.15) is 0 Å². The fourth-order valence-corrected chi connectivity index (χ4v) is 2.51. The maximum absolute atomic E-state index is 11.5. The Kier molecular flexibility index (Phi) is 5.41. The molecule has 0 radical (unpaired) electrons. The number of nitrogens with zero attached hydrogens (tertiary/aromatic N) is 1. The molecule has 0 unspecified atom stereocenters. The highest BCUT2D eigenvalue weighted by Crippen LogP contribution is 2.33. The number of hydrogen-bond donors (Lipinski definition) is 2. The summed E-state index contributed by atoms with van der Waals surface area (Å²) in [5.41, 5.74) is 9.61. The lowest BCUT2D eigenvalue weighted by Gasteiger charge is -2.26. The van der Waals surface area contributed by atoms with Gasteiger partial charge in [0.15, 0.2) is 0 Å². The van der Waals surface area contributed by atoms with E-state index >= 15 is 0 Å². The maximum Gasteiger partial charge on any atom is 0.228 e. The van der Waals surface area contributed by atoms with Crippen LogP contribution in [0.25, 0.3) is 0 Å². The minimum Gasteiger partial charge on any atom is -0.397 e. The Morgan fingerprint density at radius 2 is 2.00 bits per heavy atom. The zero-order valence-corrected chi connectivity index (χ0v) is 12.6. The molecule has 6 heteroatoms. The van der Waals surface area contributed by atoms with Crippen molar-refractivity contribution in [1.82, 2.24) is 0 Å². The zero-order chi connectivity index (χ0) is 15.2. The molecule has 116 valence electrons. The molecule has 3 N–H and O–H groups in total. The summed E-state index contributed by atoms with van der Waals surface area (Å²) in [5.74, 6) is 0.0179. The van der Waals surface area contributed by atoms with Crippen LogP contribution in [0.15, 0.2) is 12.1 Å². The van der Waals surface area contributed by atoms with Crippen molar-refractivity contribution in [2.75, 3.05) is 56.5 Å². The molecule has 0 fully saturated rings. The quantitative estimate of drug-likeness (QED) is 0.557. The average Bonchev–Trinajstić information content (AvgIpc) is 2.81. The molecule has 0 spiro atoms. The van der Waals surface area contributed by atoms with Crippen LogP contribution in [-0.2, 0) is 20.7 Å². The van der Waals surface area contributed by atoms with E-state index in [9.17, 15) is 4.79 Å². The van der Waals surface area contributed by atoms with Gasteiger partial charge in [-0.05, 0) is 24.1 Å². The lowest BCUT2D eigenvalue weighted by Crippen LogP contribution is -2.29. The standard InChI is InChI=1S/C15H23N3O3/c1-20-6-3-4-18(5-7-21-2)14-10-13-11(8-12(14)16)9-15(19)17-13/h8,10H,3-7,9,16H2,1-2H3,(H,17,19). The summed E-state index contributed by atoms with van der Waals surface area (Å²) in [6.45, 7) is 2.90. The monoisotopic (exact) mass is 293 g/mol. The summed E-state index contributed by atoms with van der Waals surface area (Å²) in [5, 5.41) is 2.87. The number of hydrogen-bond acceptors (Lipinski definition) is 5. The average molecular weight is 293 g/mol. The fraction of sp³-hybridized carbons (Fsp3) is 0.533. The van der Waals surface area contributed by atoms with E-state index in [0.717, 1.165) is 36.4 Å². The van der Waals surface area contributed by atoms with Gasteiger partial charge in [-0.15, -0.1) is 0 Å². The van der Waals surface area contributed by atoms with E-state index in [-0.39, 0.29) is 5.91 Å². The van der Waals surface area contributed by atoms with Gasteiger partial charge in [-0.3, -0.25) is 4.79 Å². The van der Waals surface area contributed by atoms with Gasteiger partial charge < -0.3 is 25.4 Å². The smallest absolute Gasteiger partial charge is 0.228 e. The number of methoxy groups -OCH3 is 2. The summed E-state index contributed by atoms with van der Waals surface area (Å²) in [6, 6.07) is 3.84. The fourth-order valence-electron chi connectivity index (χ4n) is 2.51. The van der Waals surface area contributed by atoms with E-state index in [2.05, 4.69) is 10.2 Å². The molecule has 1 aromatic rings. The first-order valence-electron chi connectivity index (χ1n) is 7.10. The maximum atomic E-state index is 11.5. The second kappa shape index (κ2) is 7.28. The third-order valence-corrected chi connectivity index (χ3v) is 3.56. The Bertz CT molecular complexity index is 505. The molecule has 1 aromatic carbocycles. The molecule has 0 saturated carbocycles. The van der Waals surface area contributed by atoms with Crippen molar-refractivity contribution >= 4 is 23.0 Å². The summed E-state index contributed by atoms with van der Waals surface area (Å²) in [4.78, 5) is 13.6. The molecule has 0 aromatic heterocycles. The SMILES string of the molecule is COCCCN(CCOC)c1cc2c(cc1N)CC(=O)N2. The first-order valence-corrected chi connectivity index (χ1v) is 7.10. The number of nitrogens with two attached hydrogens (primary N) is 1. The van der Waals surface area contributed by atoms with E-state index in [1.807, 2.05) is 12.1 Å². The third kappa shape index (κ3) is 3.86. The third-order valence-electron chi connectivity index (χ3n) is 3.56. The van der Waals surface area contributed by atoms with Gasteiger partial charge >= 0.3 is 0 Å². The molecule has 0 atom stereocenters. The topological polar surface area (TPSA) is 76.8 Å². The van der Waals surface area contributed by atoms with Crippen molar-refractivity contribution in [2.45, 2.75) is 12.8 Å². The van der Waals surface area contributed by atoms with E-state index in [4.69, 9.17) is 15.2 Å². The Labute approximate surface area is 125 Å². The van der Waals surface area contributed by atoms with Crippen LogP contribution in [0, 0.1) is 0 Å². The number of carbonyl (C=O) groups excluding carboxylic acids is 1. The van der Waals surface area contributed by atoms with Crippen LogP contribution in [0.2, 0.25) is 0 Å². The zero-order valence-electron chi connectivity index (χ0n) is 12.6. The van der Waals surface area contributed by atoms with Gasteiger partial charge in [0.05, 0.1) is 24.4 Å². The molecule has 2 rings (SSSR count). The number of amides is 1. The molecule has 1 heterocycles. The number of anilines is 3. The van der Waals surface area contributed by atoms with Crippen molar-refractivity contribution in [3.8, 4) is 0 Å². The Hall–Kier alpha value is -1.79. The molecule has 0 bridgehead atoms. The van der Waals surface area contributed by atoms with Crippen molar-refractivity contribution in [2.24, 2.45) is 0 Å². The predicted octanol–water partition coefficient (Wildman–Crippen LogP) is 1.25. The lowest BCUT2D eigenvalue weighted by molar-refractivity contribution is -0.115. The van der Waals surface area contributed by atoms with Crippen molar-refractivity contribution in [1.29, 1.82) is 0 Å². The molecule has 0 aliphatic carbocycles.